The number of hydrogen-bond acceptors (Lipinski definition) is 7. The number of fused-ring (bicyclic) bond motifs is 2. The van der Waals surface area contributed by atoms with Gasteiger partial charge >= 0.3 is 0 Å². The highest BCUT2D eigenvalue weighted by Crippen LogP contribution is 2.38. The van der Waals surface area contributed by atoms with Crippen molar-refractivity contribution in [3.05, 3.63) is 64.5 Å². The minimum Gasteiger partial charge on any atom is -0.371 e. The van der Waals surface area contributed by atoms with E-state index in [9.17, 15) is 9.59 Å². The van der Waals surface area contributed by atoms with E-state index in [4.69, 9.17) is 0 Å². The first kappa shape index (κ1) is 30.1. The Morgan fingerprint density at radius 1 is 0.976 bits per heavy atom. The van der Waals surface area contributed by atoms with Gasteiger partial charge in [-0.2, -0.15) is 0 Å². The molecule has 1 aromatic heterocycles. The Kier molecular flexibility index (Phi) is 10.9. The molecule has 3 aromatic rings. The summed E-state index contributed by atoms with van der Waals surface area (Å²) in [5.74, 6) is 0.0516. The monoisotopic (exact) mass is 589 g/mol. The molecule has 0 atom stereocenters. The molecule has 2 amide bonds. The summed E-state index contributed by atoms with van der Waals surface area (Å²) in [6, 6.07) is 10.4. The van der Waals surface area contributed by atoms with E-state index in [0.717, 1.165) is 35.5 Å². The summed E-state index contributed by atoms with van der Waals surface area (Å²) in [6.45, 7) is 4.06. The van der Waals surface area contributed by atoms with Crippen LogP contribution >= 0.6 is 11.9 Å². The zero-order valence-corrected chi connectivity index (χ0v) is 25.5. The van der Waals surface area contributed by atoms with Gasteiger partial charge in [-0.3, -0.25) is 14.3 Å². The van der Waals surface area contributed by atoms with Gasteiger partial charge in [-0.05, 0) is 104 Å². The fraction of sp³-hybridized carbons (Fsp3) is 0.500. The van der Waals surface area contributed by atoms with Crippen molar-refractivity contribution >= 4 is 35.1 Å². The zero-order valence-electron chi connectivity index (χ0n) is 24.6. The second-order valence-corrected chi connectivity index (χ2v) is 12.2. The van der Waals surface area contributed by atoms with E-state index in [2.05, 4.69) is 44.0 Å². The molecule has 9 nitrogen and oxygen atoms in total. The van der Waals surface area contributed by atoms with Crippen molar-refractivity contribution in [3.8, 4) is 0 Å². The fourth-order valence-corrected chi connectivity index (χ4v) is 6.48. The van der Waals surface area contributed by atoms with Gasteiger partial charge in [0.15, 0.2) is 0 Å². The van der Waals surface area contributed by atoms with Crippen molar-refractivity contribution in [1.82, 2.24) is 25.0 Å². The first-order valence-electron chi connectivity index (χ1n) is 15.4. The van der Waals surface area contributed by atoms with Crippen LogP contribution in [0.25, 0.3) is 0 Å². The van der Waals surface area contributed by atoms with E-state index in [-0.39, 0.29) is 11.8 Å². The predicted octanol–water partition coefficient (Wildman–Crippen LogP) is 5.19. The van der Waals surface area contributed by atoms with Crippen LogP contribution in [-0.2, 0) is 48.2 Å². The van der Waals surface area contributed by atoms with E-state index < -0.39 is 0 Å². The van der Waals surface area contributed by atoms with Crippen LogP contribution < -0.4 is 20.7 Å². The summed E-state index contributed by atoms with van der Waals surface area (Å²) < 4.78 is 5.22. The SMILES string of the molecule is CCCCC(=O)NCCCn1cc(CCC(=O)Nc2cccc(SNCNc3c4c(cc5c3CCC5)CCC4)c2)nn1. The lowest BCUT2D eigenvalue weighted by Gasteiger charge is -2.17. The number of unbranched alkanes of at least 4 members (excludes halogenated alkanes) is 1. The summed E-state index contributed by atoms with van der Waals surface area (Å²) >= 11 is 1.57. The van der Waals surface area contributed by atoms with Crippen molar-refractivity contribution in [2.24, 2.45) is 0 Å². The summed E-state index contributed by atoms with van der Waals surface area (Å²) in [4.78, 5) is 25.4. The average molecular weight is 590 g/mol. The standard InChI is InChI=1S/C32H43N7O2S/c1-2-3-14-30(40)33-17-7-18-39-21-26(37-38-39)15-16-31(41)36-25-10-6-11-27(20-25)42-35-22-34-32-28-12-4-8-23(28)19-24-9-5-13-29(24)32/h6,10-11,19-21,34-35H,2-5,7-9,12-18,22H2,1H3,(H,33,40)(H,36,41). The molecule has 0 bridgehead atoms. The van der Waals surface area contributed by atoms with Gasteiger partial charge in [0.25, 0.3) is 0 Å². The number of carbonyl (C=O) groups excluding carboxylic acids is 2. The van der Waals surface area contributed by atoms with Crippen molar-refractivity contribution < 1.29 is 9.59 Å². The van der Waals surface area contributed by atoms with Crippen LogP contribution in [0, 0.1) is 0 Å². The van der Waals surface area contributed by atoms with E-state index in [0.29, 0.717) is 39.0 Å². The number of anilines is 2. The van der Waals surface area contributed by atoms with Gasteiger partial charge in [0, 0.05) is 54.8 Å². The van der Waals surface area contributed by atoms with Gasteiger partial charge in [-0.15, -0.1) is 5.10 Å². The summed E-state index contributed by atoms with van der Waals surface area (Å²) in [6.07, 6.45) is 13.3. The molecule has 2 aliphatic carbocycles. The number of carbonyl (C=O) groups is 2. The van der Waals surface area contributed by atoms with Crippen LogP contribution in [0.15, 0.2) is 41.4 Å². The van der Waals surface area contributed by atoms with Gasteiger partial charge in [0.05, 0.1) is 12.4 Å². The van der Waals surface area contributed by atoms with Gasteiger partial charge in [-0.1, -0.05) is 30.7 Å². The molecule has 0 saturated heterocycles. The van der Waals surface area contributed by atoms with Gasteiger partial charge in [0.2, 0.25) is 11.8 Å². The number of nitrogens with one attached hydrogen (secondary N) is 4. The topological polar surface area (TPSA) is 113 Å². The normalized spacial score (nSPS) is 13.5. The molecule has 0 saturated carbocycles. The largest absolute Gasteiger partial charge is 0.371 e. The number of benzene rings is 2. The highest BCUT2D eigenvalue weighted by atomic mass is 32.2. The van der Waals surface area contributed by atoms with Crippen LogP contribution in [0.5, 0.6) is 0 Å². The van der Waals surface area contributed by atoms with Gasteiger partial charge in [-0.25, -0.2) is 4.72 Å². The smallest absolute Gasteiger partial charge is 0.224 e. The van der Waals surface area contributed by atoms with E-state index in [1.165, 1.54) is 55.3 Å². The minimum absolute atomic E-state index is 0.0529. The lowest BCUT2D eigenvalue weighted by atomic mass is 9.99. The van der Waals surface area contributed by atoms with E-state index in [1.54, 1.807) is 27.8 Å². The molecule has 4 N–H and O–H groups in total. The molecule has 0 fully saturated rings. The predicted molar refractivity (Wildman–Crippen MR) is 169 cm³/mol. The molecule has 1 heterocycles. The van der Waals surface area contributed by atoms with Crippen LogP contribution in [0.3, 0.4) is 0 Å². The van der Waals surface area contributed by atoms with Crippen molar-refractivity contribution in [2.75, 3.05) is 23.8 Å². The molecule has 0 unspecified atom stereocenters. The first-order valence-corrected chi connectivity index (χ1v) is 16.3. The zero-order chi connectivity index (χ0) is 29.1. The average Bonchev–Trinajstić information content (AvgIpc) is 3.76. The van der Waals surface area contributed by atoms with E-state index >= 15 is 0 Å². The number of nitrogens with zero attached hydrogens (tertiary/aromatic N) is 3. The lowest BCUT2D eigenvalue weighted by molar-refractivity contribution is -0.121. The maximum atomic E-state index is 12.6. The van der Waals surface area contributed by atoms with Crippen molar-refractivity contribution in [2.45, 2.75) is 95.4 Å². The van der Waals surface area contributed by atoms with Crippen LogP contribution in [0.2, 0.25) is 0 Å². The number of aryl methyl sites for hydroxylation is 4. The number of rotatable bonds is 16. The van der Waals surface area contributed by atoms with Crippen LogP contribution in [0.4, 0.5) is 11.4 Å². The first-order chi connectivity index (χ1) is 20.6. The molecule has 10 heteroatoms. The molecule has 224 valence electrons. The number of amides is 2. The Morgan fingerprint density at radius 3 is 2.57 bits per heavy atom. The second kappa shape index (κ2) is 15.2. The maximum Gasteiger partial charge on any atom is 0.224 e. The summed E-state index contributed by atoms with van der Waals surface area (Å²) in [5.41, 5.74) is 9.07. The third-order valence-corrected chi connectivity index (χ3v) is 8.73. The summed E-state index contributed by atoms with van der Waals surface area (Å²) in [5, 5.41) is 18.0. The molecule has 2 aliphatic rings. The molecular weight excluding hydrogens is 546 g/mol. The van der Waals surface area contributed by atoms with Crippen LogP contribution in [-0.4, -0.2) is 40.0 Å². The summed E-state index contributed by atoms with van der Waals surface area (Å²) in [7, 11) is 0. The Labute approximate surface area is 253 Å². The number of aromatic nitrogens is 3. The highest BCUT2D eigenvalue weighted by molar-refractivity contribution is 7.97. The molecule has 2 aromatic carbocycles. The Hall–Kier alpha value is -3.37. The molecule has 0 spiro atoms. The van der Waals surface area contributed by atoms with Gasteiger partial charge < -0.3 is 16.0 Å². The third kappa shape index (κ3) is 8.35. The Bertz CT molecular complexity index is 1340. The quantitative estimate of drug-likeness (QED) is 0.103. The molecule has 5 rings (SSSR count). The molecule has 0 aliphatic heterocycles. The lowest BCUT2D eigenvalue weighted by Crippen LogP contribution is -2.24. The molecule has 42 heavy (non-hydrogen) atoms. The van der Waals surface area contributed by atoms with Crippen molar-refractivity contribution in [3.63, 3.8) is 0 Å². The number of hydrogen-bond donors (Lipinski definition) is 4. The second-order valence-electron chi connectivity index (χ2n) is 11.2. The highest BCUT2D eigenvalue weighted by Gasteiger charge is 2.23. The molecular formula is C32H43N7O2S. The minimum atomic E-state index is -0.0529. The maximum absolute atomic E-state index is 12.6. The Balaban J connectivity index is 1.01. The van der Waals surface area contributed by atoms with Crippen molar-refractivity contribution in [1.29, 1.82) is 0 Å². The van der Waals surface area contributed by atoms with Gasteiger partial charge in [0.1, 0.15) is 0 Å². The van der Waals surface area contributed by atoms with Crippen LogP contribution in [0.1, 0.15) is 79.8 Å². The fourth-order valence-electron chi connectivity index (χ4n) is 5.83. The Morgan fingerprint density at radius 2 is 1.79 bits per heavy atom. The third-order valence-electron chi connectivity index (χ3n) is 7.96. The van der Waals surface area contributed by atoms with E-state index in [1.807, 2.05) is 30.5 Å². The molecule has 0 radical (unpaired) electrons.